The fraction of sp³-hybridized carbons (Fsp3) is 0.214. The molecule has 0 N–H and O–H groups in total. The van der Waals surface area contributed by atoms with Crippen molar-refractivity contribution in [1.29, 1.82) is 0 Å². The van der Waals surface area contributed by atoms with Crippen molar-refractivity contribution in [2.75, 3.05) is 0 Å². The van der Waals surface area contributed by atoms with E-state index in [2.05, 4.69) is 4.98 Å². The van der Waals surface area contributed by atoms with Gasteiger partial charge in [0.15, 0.2) is 5.76 Å². The Balaban J connectivity index is 1.79. The fourth-order valence-electron chi connectivity index (χ4n) is 1.98. The van der Waals surface area contributed by atoms with E-state index in [1.807, 2.05) is 30.3 Å². The second-order valence-electron chi connectivity index (χ2n) is 4.44. The molecule has 2 aromatic rings. The smallest absolute Gasteiger partial charge is 0.255 e. The van der Waals surface area contributed by atoms with E-state index in [-0.39, 0.29) is 12.8 Å². The molecule has 2 nitrogen and oxygen atoms in total. The second-order valence-corrected chi connectivity index (χ2v) is 4.44. The maximum atomic E-state index is 12.7. The number of hydrogen-bond donors (Lipinski definition) is 0. The molecular formula is C14H11F2NO. The lowest BCUT2D eigenvalue weighted by Crippen LogP contribution is -2.28. The highest BCUT2D eigenvalue weighted by atomic mass is 19.3. The third-order valence-corrected chi connectivity index (χ3v) is 2.88. The lowest BCUT2D eigenvalue weighted by molar-refractivity contribution is -0.0357. The molecule has 92 valence electrons. The first-order chi connectivity index (χ1) is 8.62. The van der Waals surface area contributed by atoms with E-state index in [9.17, 15) is 8.78 Å². The van der Waals surface area contributed by atoms with Gasteiger partial charge in [0.2, 0.25) is 5.89 Å². The van der Waals surface area contributed by atoms with Gasteiger partial charge in [0.1, 0.15) is 0 Å². The molecule has 1 aliphatic rings. The summed E-state index contributed by atoms with van der Waals surface area (Å²) in [6.07, 6.45) is 2.84. The van der Waals surface area contributed by atoms with Crippen molar-refractivity contribution in [3.63, 3.8) is 0 Å². The van der Waals surface area contributed by atoms with Crippen molar-refractivity contribution < 1.29 is 13.2 Å². The average molecular weight is 247 g/mol. The van der Waals surface area contributed by atoms with Gasteiger partial charge in [-0.15, -0.1) is 0 Å². The number of rotatable bonds is 2. The molecule has 1 aliphatic carbocycles. The van der Waals surface area contributed by atoms with Gasteiger partial charge in [-0.05, 0) is 0 Å². The van der Waals surface area contributed by atoms with Crippen LogP contribution >= 0.6 is 0 Å². The minimum Gasteiger partial charge on any atom is -0.437 e. The van der Waals surface area contributed by atoms with Crippen molar-refractivity contribution in [2.45, 2.75) is 18.8 Å². The van der Waals surface area contributed by atoms with Gasteiger partial charge in [0, 0.05) is 24.5 Å². The zero-order chi connectivity index (χ0) is 12.6. The molecule has 0 atom stereocenters. The Morgan fingerprint density at radius 2 is 1.89 bits per heavy atom. The summed E-state index contributed by atoms with van der Waals surface area (Å²) in [5.74, 6) is -1.51. The number of benzene rings is 1. The zero-order valence-electron chi connectivity index (χ0n) is 9.57. The van der Waals surface area contributed by atoms with Gasteiger partial charge in [-0.3, -0.25) is 0 Å². The highest BCUT2D eigenvalue weighted by Crippen LogP contribution is 2.42. The van der Waals surface area contributed by atoms with Crippen LogP contribution in [0.1, 0.15) is 18.7 Å². The standard InChI is InChI=1S/C14H11F2NO/c15-14(16)7-10(8-14)6-13-17-9-12(18-13)11-4-2-1-3-5-11/h1-6,9H,7-8H2. The largest absolute Gasteiger partial charge is 0.437 e. The lowest BCUT2D eigenvalue weighted by Gasteiger charge is -2.28. The van der Waals surface area contributed by atoms with Crippen molar-refractivity contribution >= 4 is 6.08 Å². The summed E-state index contributed by atoms with van der Waals surface area (Å²) in [6, 6.07) is 9.55. The van der Waals surface area contributed by atoms with Crippen molar-refractivity contribution in [2.24, 2.45) is 0 Å². The SMILES string of the molecule is FC1(F)CC(=Cc2ncc(-c3ccccc3)o2)C1. The molecule has 0 bridgehead atoms. The van der Waals surface area contributed by atoms with Crippen LogP contribution in [0.5, 0.6) is 0 Å². The Hall–Kier alpha value is -1.97. The highest BCUT2D eigenvalue weighted by molar-refractivity contribution is 5.58. The molecule has 0 radical (unpaired) electrons. The molecule has 0 amide bonds. The van der Waals surface area contributed by atoms with Gasteiger partial charge in [-0.1, -0.05) is 35.9 Å². The first kappa shape index (κ1) is 11.1. The summed E-state index contributed by atoms with van der Waals surface area (Å²) in [5, 5.41) is 0. The Labute approximate surface area is 103 Å². The maximum Gasteiger partial charge on any atom is 0.255 e. The normalized spacial score (nSPS) is 17.3. The predicted molar refractivity (Wildman–Crippen MR) is 64.1 cm³/mol. The summed E-state index contributed by atoms with van der Waals surface area (Å²) < 4.78 is 30.9. The van der Waals surface area contributed by atoms with Crippen molar-refractivity contribution in [1.82, 2.24) is 4.98 Å². The maximum absolute atomic E-state index is 12.7. The summed E-state index contributed by atoms with van der Waals surface area (Å²) >= 11 is 0. The van der Waals surface area contributed by atoms with Gasteiger partial charge >= 0.3 is 0 Å². The molecule has 3 rings (SSSR count). The van der Waals surface area contributed by atoms with Gasteiger partial charge in [-0.2, -0.15) is 0 Å². The van der Waals surface area contributed by atoms with Crippen LogP contribution in [-0.2, 0) is 0 Å². The van der Waals surface area contributed by atoms with Crippen LogP contribution < -0.4 is 0 Å². The van der Waals surface area contributed by atoms with E-state index < -0.39 is 5.92 Å². The van der Waals surface area contributed by atoms with E-state index in [1.165, 1.54) is 0 Å². The number of oxazole rings is 1. The minimum absolute atomic E-state index is 0.184. The molecule has 1 saturated carbocycles. The lowest BCUT2D eigenvalue weighted by atomic mass is 9.87. The van der Waals surface area contributed by atoms with Crippen LogP contribution in [-0.4, -0.2) is 10.9 Å². The molecule has 0 aliphatic heterocycles. The first-order valence-corrected chi connectivity index (χ1v) is 5.71. The minimum atomic E-state index is -2.54. The van der Waals surface area contributed by atoms with Gasteiger partial charge < -0.3 is 4.42 Å². The number of nitrogens with zero attached hydrogens (tertiary/aromatic N) is 1. The molecule has 0 spiro atoms. The molecule has 0 saturated heterocycles. The summed E-state index contributed by atoms with van der Waals surface area (Å²) in [6.45, 7) is 0. The topological polar surface area (TPSA) is 26.0 Å². The van der Waals surface area contributed by atoms with Gasteiger partial charge in [-0.25, -0.2) is 13.8 Å². The highest BCUT2D eigenvalue weighted by Gasteiger charge is 2.41. The van der Waals surface area contributed by atoms with Crippen molar-refractivity contribution in [3.05, 3.63) is 48.0 Å². The molecule has 1 fully saturated rings. The number of alkyl halides is 2. The average Bonchev–Trinajstić information content (AvgIpc) is 2.76. The van der Waals surface area contributed by atoms with E-state index in [1.54, 1.807) is 12.3 Å². The summed E-state index contributed by atoms with van der Waals surface area (Å²) in [7, 11) is 0. The van der Waals surface area contributed by atoms with E-state index >= 15 is 0 Å². The quantitative estimate of drug-likeness (QED) is 0.796. The Kier molecular flexibility index (Phi) is 2.51. The number of hydrogen-bond acceptors (Lipinski definition) is 2. The number of aromatic nitrogens is 1. The molecule has 1 heterocycles. The third-order valence-electron chi connectivity index (χ3n) is 2.88. The van der Waals surface area contributed by atoms with E-state index in [0.29, 0.717) is 17.2 Å². The molecular weight excluding hydrogens is 236 g/mol. The molecule has 1 aromatic heterocycles. The Morgan fingerprint density at radius 1 is 1.17 bits per heavy atom. The second kappa shape index (κ2) is 4.05. The van der Waals surface area contributed by atoms with Crippen LogP contribution in [0, 0.1) is 0 Å². The van der Waals surface area contributed by atoms with Crippen LogP contribution in [0.25, 0.3) is 17.4 Å². The van der Waals surface area contributed by atoms with Crippen molar-refractivity contribution in [3.8, 4) is 11.3 Å². The van der Waals surface area contributed by atoms with Crippen LogP contribution in [0.2, 0.25) is 0 Å². The first-order valence-electron chi connectivity index (χ1n) is 5.71. The monoisotopic (exact) mass is 247 g/mol. The van der Waals surface area contributed by atoms with E-state index in [0.717, 1.165) is 5.56 Å². The predicted octanol–water partition coefficient (Wildman–Crippen LogP) is 4.15. The van der Waals surface area contributed by atoms with Crippen LogP contribution in [0.3, 0.4) is 0 Å². The number of halogens is 2. The van der Waals surface area contributed by atoms with E-state index in [4.69, 9.17) is 4.42 Å². The molecule has 1 aromatic carbocycles. The summed E-state index contributed by atoms with van der Waals surface area (Å²) in [5.41, 5.74) is 1.61. The third kappa shape index (κ3) is 2.18. The van der Waals surface area contributed by atoms with Gasteiger partial charge in [0.25, 0.3) is 5.92 Å². The Morgan fingerprint density at radius 3 is 2.56 bits per heavy atom. The van der Waals surface area contributed by atoms with Gasteiger partial charge in [0.05, 0.1) is 6.20 Å². The van der Waals surface area contributed by atoms with Crippen LogP contribution in [0.15, 0.2) is 46.5 Å². The zero-order valence-corrected chi connectivity index (χ0v) is 9.57. The molecule has 0 unspecified atom stereocenters. The Bertz CT molecular complexity index is 577. The van der Waals surface area contributed by atoms with Crippen LogP contribution in [0.4, 0.5) is 8.78 Å². The fourth-order valence-corrected chi connectivity index (χ4v) is 1.98. The molecule has 4 heteroatoms. The number of allylic oxidation sites excluding steroid dienone is 1. The summed E-state index contributed by atoms with van der Waals surface area (Å²) in [4.78, 5) is 4.07. The molecule has 18 heavy (non-hydrogen) atoms.